The fraction of sp³-hybridized carbons (Fsp3) is 0.137. The van der Waals surface area contributed by atoms with Crippen LogP contribution in [0, 0.1) is 0 Å². The van der Waals surface area contributed by atoms with Crippen molar-refractivity contribution in [1.29, 1.82) is 0 Å². The number of hydrogen-bond donors (Lipinski definition) is 0. The smallest absolute Gasteiger partial charge is 0.0540 e. The van der Waals surface area contributed by atoms with E-state index in [-0.39, 0.29) is 5.41 Å². The molecule has 0 radical (unpaired) electrons. The summed E-state index contributed by atoms with van der Waals surface area (Å²) in [6, 6.07) is 61.3. The minimum absolute atomic E-state index is 0.137. The second-order valence-electron chi connectivity index (χ2n) is 15.2. The van der Waals surface area contributed by atoms with Gasteiger partial charge in [0, 0.05) is 22.4 Å². The summed E-state index contributed by atoms with van der Waals surface area (Å²) in [6.45, 7) is 4.78. The van der Waals surface area contributed by atoms with Crippen LogP contribution in [0.3, 0.4) is 0 Å². The van der Waals surface area contributed by atoms with Crippen molar-refractivity contribution in [3.8, 4) is 33.4 Å². The molecule has 250 valence electrons. The zero-order valence-corrected chi connectivity index (χ0v) is 29.9. The van der Waals surface area contributed by atoms with Gasteiger partial charge in [-0.05, 0) is 140 Å². The molecule has 0 fully saturated rings. The van der Waals surface area contributed by atoms with Crippen LogP contribution >= 0.6 is 0 Å². The molecule has 0 amide bonds. The molecule has 10 rings (SSSR count). The fourth-order valence-corrected chi connectivity index (χ4v) is 9.17. The van der Waals surface area contributed by atoms with E-state index < -0.39 is 0 Å². The molecule has 8 aromatic carbocycles. The lowest BCUT2D eigenvalue weighted by molar-refractivity contribution is 0.661. The fourth-order valence-electron chi connectivity index (χ4n) is 9.17. The van der Waals surface area contributed by atoms with E-state index in [1.54, 1.807) is 0 Å². The molecule has 8 aromatic rings. The van der Waals surface area contributed by atoms with Gasteiger partial charge in [0.05, 0.1) is 5.69 Å². The quantitative estimate of drug-likeness (QED) is 0.177. The van der Waals surface area contributed by atoms with Gasteiger partial charge < -0.3 is 4.90 Å². The van der Waals surface area contributed by atoms with Gasteiger partial charge in [0.1, 0.15) is 0 Å². The van der Waals surface area contributed by atoms with E-state index in [1.165, 1.54) is 114 Å². The lowest BCUT2D eigenvalue weighted by atomic mass is 9.81. The van der Waals surface area contributed by atoms with Gasteiger partial charge in [-0.1, -0.05) is 135 Å². The van der Waals surface area contributed by atoms with E-state index in [9.17, 15) is 0 Å². The second kappa shape index (κ2) is 12.1. The number of para-hydroxylation sites is 1. The van der Waals surface area contributed by atoms with E-state index in [1.807, 2.05) is 0 Å². The lowest BCUT2D eigenvalue weighted by Crippen LogP contribution is -2.17. The maximum Gasteiger partial charge on any atom is 0.0540 e. The van der Waals surface area contributed by atoms with E-state index >= 15 is 0 Å². The Labute approximate surface area is 306 Å². The lowest BCUT2D eigenvalue weighted by Gasteiger charge is -2.30. The third kappa shape index (κ3) is 4.91. The van der Waals surface area contributed by atoms with Gasteiger partial charge in [0.15, 0.2) is 0 Å². The minimum Gasteiger partial charge on any atom is -0.310 e. The summed E-state index contributed by atoms with van der Waals surface area (Å²) in [5.41, 5.74) is 17.0. The molecule has 0 spiro atoms. The van der Waals surface area contributed by atoms with Crippen molar-refractivity contribution in [1.82, 2.24) is 0 Å². The Balaban J connectivity index is 1.16. The van der Waals surface area contributed by atoms with Gasteiger partial charge >= 0.3 is 0 Å². The summed E-state index contributed by atoms with van der Waals surface area (Å²) in [4.78, 5) is 2.48. The van der Waals surface area contributed by atoms with E-state index in [0.29, 0.717) is 0 Å². The summed E-state index contributed by atoms with van der Waals surface area (Å²) < 4.78 is 0. The first-order valence-electron chi connectivity index (χ1n) is 18.8. The molecule has 0 aliphatic heterocycles. The molecule has 1 heteroatoms. The number of anilines is 3. The Bertz CT molecular complexity index is 2650. The topological polar surface area (TPSA) is 3.24 Å². The molecule has 0 heterocycles. The predicted octanol–water partition coefficient (Wildman–Crippen LogP) is 14.0. The minimum atomic E-state index is -0.137. The highest BCUT2D eigenvalue weighted by Gasteiger charge is 2.36. The van der Waals surface area contributed by atoms with Crippen molar-refractivity contribution in [2.75, 3.05) is 4.90 Å². The van der Waals surface area contributed by atoms with Crippen molar-refractivity contribution in [2.45, 2.75) is 44.9 Å². The van der Waals surface area contributed by atoms with Crippen LogP contribution in [0.5, 0.6) is 0 Å². The zero-order chi connectivity index (χ0) is 34.8. The first kappa shape index (κ1) is 30.9. The maximum absolute atomic E-state index is 2.48. The molecule has 1 nitrogen and oxygen atoms in total. The third-order valence-corrected chi connectivity index (χ3v) is 11.8. The molecular formula is C51H41N. The molecular weight excluding hydrogens is 627 g/mol. The maximum atomic E-state index is 2.48. The van der Waals surface area contributed by atoms with Crippen molar-refractivity contribution >= 4 is 38.6 Å². The van der Waals surface area contributed by atoms with E-state index in [4.69, 9.17) is 0 Å². The summed E-state index contributed by atoms with van der Waals surface area (Å²) in [5, 5.41) is 5.10. The average molecular weight is 668 g/mol. The summed E-state index contributed by atoms with van der Waals surface area (Å²) in [6.07, 6.45) is 4.92. The molecule has 52 heavy (non-hydrogen) atoms. The normalized spacial score (nSPS) is 14.2. The predicted molar refractivity (Wildman–Crippen MR) is 221 cm³/mol. The standard InChI is InChI=1S/C51H41N/c1-51(2)48-32-38-16-4-3-15-37(38)31-47(48)45-30-29-40(33-49(45)51)52(39-27-25-36(26-28-39)42-22-11-17-34-13-5-7-19-41(34)42)50-24-10-9-21-46(50)44-23-12-18-35-14-6-8-20-43(35)44/h3-4,6,8-12,14-18,20-33H,5,7,13,19H2,1-2H3. The number of benzene rings is 8. The monoisotopic (exact) mass is 667 g/mol. The Morgan fingerprint density at radius 2 is 1.08 bits per heavy atom. The Hall–Kier alpha value is -5.92. The first-order chi connectivity index (χ1) is 25.5. The average Bonchev–Trinajstić information content (AvgIpc) is 3.41. The Morgan fingerprint density at radius 3 is 1.94 bits per heavy atom. The number of fused-ring (bicyclic) bond motifs is 6. The van der Waals surface area contributed by atoms with E-state index in [2.05, 4.69) is 183 Å². The summed E-state index contributed by atoms with van der Waals surface area (Å²) >= 11 is 0. The molecule has 2 aliphatic rings. The molecule has 0 bridgehead atoms. The summed E-state index contributed by atoms with van der Waals surface area (Å²) in [5.74, 6) is 0. The van der Waals surface area contributed by atoms with Gasteiger partial charge in [-0.15, -0.1) is 0 Å². The zero-order valence-electron chi connectivity index (χ0n) is 29.9. The number of hydrogen-bond acceptors (Lipinski definition) is 1. The molecule has 0 atom stereocenters. The largest absolute Gasteiger partial charge is 0.310 e. The van der Waals surface area contributed by atoms with Crippen molar-refractivity contribution in [2.24, 2.45) is 0 Å². The van der Waals surface area contributed by atoms with Gasteiger partial charge in [0.2, 0.25) is 0 Å². The highest BCUT2D eigenvalue weighted by molar-refractivity contribution is 6.02. The second-order valence-corrected chi connectivity index (χ2v) is 15.2. The van der Waals surface area contributed by atoms with Crippen LogP contribution < -0.4 is 4.90 Å². The Kier molecular flexibility index (Phi) is 7.18. The number of aryl methyl sites for hydroxylation is 1. The van der Waals surface area contributed by atoms with Crippen LogP contribution in [-0.4, -0.2) is 0 Å². The SMILES string of the molecule is CC1(C)c2cc(N(c3ccc(-c4cccc5c4CCCC5)cc3)c3ccccc3-c3cccc4ccccc34)ccc2-c2cc3ccccc3cc21. The van der Waals surface area contributed by atoms with Crippen molar-refractivity contribution in [3.05, 3.63) is 186 Å². The van der Waals surface area contributed by atoms with Crippen LogP contribution in [0.1, 0.15) is 48.9 Å². The Morgan fingerprint density at radius 1 is 0.442 bits per heavy atom. The molecule has 0 unspecified atom stereocenters. The molecule has 0 aromatic heterocycles. The number of rotatable bonds is 5. The molecule has 0 N–H and O–H groups in total. The molecule has 2 aliphatic carbocycles. The van der Waals surface area contributed by atoms with Gasteiger partial charge in [0.25, 0.3) is 0 Å². The highest BCUT2D eigenvalue weighted by atomic mass is 15.1. The van der Waals surface area contributed by atoms with Crippen LogP contribution in [0.2, 0.25) is 0 Å². The van der Waals surface area contributed by atoms with Crippen LogP contribution in [0.25, 0.3) is 54.9 Å². The van der Waals surface area contributed by atoms with Crippen molar-refractivity contribution in [3.63, 3.8) is 0 Å². The summed E-state index contributed by atoms with van der Waals surface area (Å²) in [7, 11) is 0. The third-order valence-electron chi connectivity index (χ3n) is 11.8. The molecule has 0 saturated carbocycles. The van der Waals surface area contributed by atoms with Crippen LogP contribution in [-0.2, 0) is 18.3 Å². The molecule has 0 saturated heterocycles. The van der Waals surface area contributed by atoms with Crippen molar-refractivity contribution < 1.29 is 0 Å². The van der Waals surface area contributed by atoms with Crippen LogP contribution in [0.15, 0.2) is 164 Å². The number of nitrogens with zero attached hydrogens (tertiary/aromatic N) is 1. The highest BCUT2D eigenvalue weighted by Crippen LogP contribution is 2.52. The van der Waals surface area contributed by atoms with Gasteiger partial charge in [-0.25, -0.2) is 0 Å². The van der Waals surface area contributed by atoms with Gasteiger partial charge in [-0.2, -0.15) is 0 Å². The first-order valence-corrected chi connectivity index (χ1v) is 18.8. The van der Waals surface area contributed by atoms with Crippen LogP contribution in [0.4, 0.5) is 17.1 Å². The van der Waals surface area contributed by atoms with Gasteiger partial charge in [-0.3, -0.25) is 0 Å². The van der Waals surface area contributed by atoms with E-state index in [0.717, 1.165) is 5.69 Å².